The van der Waals surface area contributed by atoms with E-state index in [1.54, 1.807) is 6.92 Å². The molecule has 1 unspecified atom stereocenters. The van der Waals surface area contributed by atoms with Crippen molar-refractivity contribution in [3.05, 3.63) is 17.5 Å². The lowest BCUT2D eigenvalue weighted by atomic mass is 10.2. The molecule has 0 aliphatic heterocycles. The highest BCUT2D eigenvalue weighted by molar-refractivity contribution is 7.13. The quantitative estimate of drug-likeness (QED) is 0.863. The predicted molar refractivity (Wildman–Crippen MR) is 57.9 cm³/mol. The van der Waals surface area contributed by atoms with Crippen LogP contribution in [0, 0.1) is 5.92 Å². The number of carbonyl (C=O) groups is 1. The van der Waals surface area contributed by atoms with Gasteiger partial charge in [-0.3, -0.25) is 4.79 Å². The van der Waals surface area contributed by atoms with Crippen LogP contribution in [0.25, 0.3) is 10.7 Å². The molecule has 0 radical (unpaired) electrons. The SMILES string of the molecule is CC(Cn1nnnc1-c1cccs1)C(=O)O. The van der Waals surface area contributed by atoms with Gasteiger partial charge in [0.05, 0.1) is 17.3 Å². The van der Waals surface area contributed by atoms with E-state index in [0.29, 0.717) is 5.82 Å². The van der Waals surface area contributed by atoms with Crippen molar-refractivity contribution in [3.63, 3.8) is 0 Å². The third-order valence-corrected chi connectivity index (χ3v) is 3.01. The van der Waals surface area contributed by atoms with E-state index >= 15 is 0 Å². The van der Waals surface area contributed by atoms with Gasteiger partial charge in [-0.1, -0.05) is 13.0 Å². The summed E-state index contributed by atoms with van der Waals surface area (Å²) in [6.07, 6.45) is 0. The lowest BCUT2D eigenvalue weighted by Crippen LogP contribution is -2.18. The molecule has 2 heterocycles. The summed E-state index contributed by atoms with van der Waals surface area (Å²) in [7, 11) is 0. The van der Waals surface area contributed by atoms with E-state index in [0.717, 1.165) is 4.88 Å². The van der Waals surface area contributed by atoms with Crippen molar-refractivity contribution in [2.75, 3.05) is 0 Å². The summed E-state index contributed by atoms with van der Waals surface area (Å²) in [5.41, 5.74) is 0. The zero-order valence-electron chi connectivity index (χ0n) is 8.57. The van der Waals surface area contributed by atoms with Gasteiger partial charge in [-0.2, -0.15) is 0 Å². The smallest absolute Gasteiger partial charge is 0.308 e. The zero-order chi connectivity index (χ0) is 11.5. The Hall–Kier alpha value is -1.76. The van der Waals surface area contributed by atoms with E-state index in [1.165, 1.54) is 16.0 Å². The van der Waals surface area contributed by atoms with E-state index in [9.17, 15) is 4.79 Å². The standard InChI is InChI=1S/C9H10N4O2S/c1-6(9(14)15)5-13-8(10-11-12-13)7-3-2-4-16-7/h2-4,6H,5H2,1H3,(H,14,15). The molecule has 2 aromatic heterocycles. The third kappa shape index (κ3) is 2.08. The number of hydrogen-bond donors (Lipinski definition) is 1. The van der Waals surface area contributed by atoms with Crippen LogP contribution in [0.1, 0.15) is 6.92 Å². The summed E-state index contributed by atoms with van der Waals surface area (Å²) in [6, 6.07) is 3.80. The van der Waals surface area contributed by atoms with Gasteiger partial charge in [0.25, 0.3) is 0 Å². The minimum atomic E-state index is -0.854. The number of thiophene rings is 1. The van der Waals surface area contributed by atoms with Crippen LogP contribution in [0.15, 0.2) is 17.5 Å². The molecule has 0 bridgehead atoms. The Morgan fingerprint density at radius 2 is 2.50 bits per heavy atom. The van der Waals surface area contributed by atoms with Crippen molar-refractivity contribution in [2.24, 2.45) is 5.92 Å². The van der Waals surface area contributed by atoms with Gasteiger partial charge in [0.2, 0.25) is 0 Å². The van der Waals surface area contributed by atoms with Crippen LogP contribution in [0.2, 0.25) is 0 Å². The minimum Gasteiger partial charge on any atom is -0.481 e. The second-order valence-electron chi connectivity index (χ2n) is 3.40. The van der Waals surface area contributed by atoms with Crippen LogP contribution >= 0.6 is 11.3 Å². The molecule has 0 amide bonds. The molecule has 0 aromatic carbocycles. The average molecular weight is 238 g/mol. The number of carboxylic acids is 1. The number of rotatable bonds is 4. The monoisotopic (exact) mass is 238 g/mol. The van der Waals surface area contributed by atoms with E-state index in [-0.39, 0.29) is 6.54 Å². The largest absolute Gasteiger partial charge is 0.481 e. The van der Waals surface area contributed by atoms with E-state index < -0.39 is 11.9 Å². The first-order valence-corrected chi connectivity index (χ1v) is 5.59. The molecule has 0 spiro atoms. The molecule has 2 aromatic rings. The van der Waals surface area contributed by atoms with Crippen LogP contribution in [0.3, 0.4) is 0 Å². The predicted octanol–water partition coefficient (Wildman–Crippen LogP) is 1.12. The van der Waals surface area contributed by atoms with Gasteiger partial charge in [0, 0.05) is 0 Å². The maximum absolute atomic E-state index is 10.7. The highest BCUT2D eigenvalue weighted by atomic mass is 32.1. The average Bonchev–Trinajstić information content (AvgIpc) is 2.85. The van der Waals surface area contributed by atoms with Gasteiger partial charge in [-0.25, -0.2) is 4.68 Å². The molecule has 84 valence electrons. The van der Waals surface area contributed by atoms with Crippen LogP contribution < -0.4 is 0 Å². The summed E-state index contributed by atoms with van der Waals surface area (Å²) in [5.74, 6) is -0.752. The van der Waals surface area contributed by atoms with Crippen molar-refractivity contribution < 1.29 is 9.90 Å². The van der Waals surface area contributed by atoms with Crippen molar-refractivity contribution in [1.82, 2.24) is 20.2 Å². The van der Waals surface area contributed by atoms with Gasteiger partial charge in [-0.05, 0) is 21.9 Å². The fraction of sp³-hybridized carbons (Fsp3) is 0.333. The fourth-order valence-electron chi connectivity index (χ4n) is 1.25. The van der Waals surface area contributed by atoms with Gasteiger partial charge >= 0.3 is 5.97 Å². The van der Waals surface area contributed by atoms with Crippen LogP contribution in [-0.2, 0) is 11.3 Å². The summed E-state index contributed by atoms with van der Waals surface area (Å²) in [5, 5.41) is 22.0. The molecule has 6 nitrogen and oxygen atoms in total. The van der Waals surface area contributed by atoms with Crippen molar-refractivity contribution in [1.29, 1.82) is 0 Å². The topological polar surface area (TPSA) is 80.9 Å². The minimum absolute atomic E-state index is 0.273. The van der Waals surface area contributed by atoms with Crippen LogP contribution in [-0.4, -0.2) is 31.3 Å². The number of aromatic nitrogens is 4. The number of aliphatic carboxylic acids is 1. The molecule has 7 heteroatoms. The molecule has 16 heavy (non-hydrogen) atoms. The second-order valence-corrected chi connectivity index (χ2v) is 4.35. The van der Waals surface area contributed by atoms with Crippen molar-refractivity contribution >= 4 is 17.3 Å². The molecule has 2 rings (SSSR count). The summed E-state index contributed by atoms with van der Waals surface area (Å²) in [6.45, 7) is 1.90. The normalized spacial score (nSPS) is 12.6. The Balaban J connectivity index is 2.23. The molecule has 0 fully saturated rings. The molecule has 0 aliphatic rings. The maximum Gasteiger partial charge on any atom is 0.308 e. The first kappa shape index (κ1) is 10.7. The maximum atomic E-state index is 10.7. The highest BCUT2D eigenvalue weighted by Crippen LogP contribution is 2.21. The van der Waals surface area contributed by atoms with Gasteiger partial charge in [-0.15, -0.1) is 16.4 Å². The number of tetrazole rings is 1. The number of hydrogen-bond acceptors (Lipinski definition) is 5. The van der Waals surface area contributed by atoms with Crippen LogP contribution in [0.4, 0.5) is 0 Å². The molecular formula is C9H10N4O2S. The van der Waals surface area contributed by atoms with Crippen molar-refractivity contribution in [2.45, 2.75) is 13.5 Å². The Morgan fingerprint density at radius 1 is 1.69 bits per heavy atom. The Morgan fingerprint density at radius 3 is 3.12 bits per heavy atom. The second kappa shape index (κ2) is 4.40. The lowest BCUT2D eigenvalue weighted by Gasteiger charge is -2.06. The zero-order valence-corrected chi connectivity index (χ0v) is 9.39. The van der Waals surface area contributed by atoms with Crippen LogP contribution in [0.5, 0.6) is 0 Å². The van der Waals surface area contributed by atoms with E-state index in [1.807, 2.05) is 17.5 Å². The van der Waals surface area contributed by atoms with Gasteiger partial charge in [0.15, 0.2) is 5.82 Å². The first-order chi connectivity index (χ1) is 7.68. The molecule has 0 saturated carbocycles. The highest BCUT2D eigenvalue weighted by Gasteiger charge is 2.16. The molecule has 1 N–H and O–H groups in total. The number of nitrogens with zero attached hydrogens (tertiary/aromatic N) is 4. The Bertz CT molecular complexity index is 479. The summed E-state index contributed by atoms with van der Waals surface area (Å²) >= 11 is 1.52. The third-order valence-electron chi connectivity index (χ3n) is 2.14. The van der Waals surface area contributed by atoms with Crippen molar-refractivity contribution in [3.8, 4) is 10.7 Å². The number of carboxylic acid groups (broad SMARTS) is 1. The molecule has 0 aliphatic carbocycles. The van der Waals surface area contributed by atoms with Gasteiger partial charge < -0.3 is 5.11 Å². The fourth-order valence-corrected chi connectivity index (χ4v) is 1.96. The lowest BCUT2D eigenvalue weighted by molar-refractivity contribution is -0.141. The molecule has 0 saturated heterocycles. The molecular weight excluding hydrogens is 228 g/mol. The Kier molecular flexibility index (Phi) is 2.95. The Labute approximate surface area is 95.5 Å². The van der Waals surface area contributed by atoms with E-state index in [4.69, 9.17) is 5.11 Å². The first-order valence-electron chi connectivity index (χ1n) is 4.71. The summed E-state index contributed by atoms with van der Waals surface area (Å²) in [4.78, 5) is 11.7. The van der Waals surface area contributed by atoms with E-state index in [2.05, 4.69) is 15.5 Å². The van der Waals surface area contributed by atoms with Gasteiger partial charge in [0.1, 0.15) is 0 Å². The molecule has 1 atom stereocenters. The summed E-state index contributed by atoms with van der Waals surface area (Å²) < 4.78 is 1.52.